The Morgan fingerprint density at radius 3 is 2.57 bits per heavy atom. The molecule has 0 atom stereocenters. The number of aryl methyl sites for hydroxylation is 2. The summed E-state index contributed by atoms with van der Waals surface area (Å²) >= 11 is 1.21. The van der Waals surface area contributed by atoms with Gasteiger partial charge in [0, 0.05) is 10.4 Å². The smallest absolute Gasteiger partial charge is 0.338 e. The summed E-state index contributed by atoms with van der Waals surface area (Å²) < 4.78 is 13.3. The van der Waals surface area contributed by atoms with Crippen LogP contribution in [0.4, 0.5) is 9.39 Å². The van der Waals surface area contributed by atoms with Crippen molar-refractivity contribution in [3.05, 3.63) is 51.7 Å². The van der Waals surface area contributed by atoms with Gasteiger partial charge in [0.25, 0.3) is 5.91 Å². The Morgan fingerprint density at radius 2 is 2.00 bits per heavy atom. The van der Waals surface area contributed by atoms with Crippen molar-refractivity contribution in [2.45, 2.75) is 20.3 Å². The number of aromatic carboxylic acids is 1. The Balaban J connectivity index is 2.30. The molecule has 0 fully saturated rings. The molecule has 110 valence electrons. The van der Waals surface area contributed by atoms with Gasteiger partial charge in [-0.2, -0.15) is 0 Å². The second-order valence-electron chi connectivity index (χ2n) is 4.59. The first-order valence-corrected chi connectivity index (χ1v) is 7.17. The van der Waals surface area contributed by atoms with E-state index in [2.05, 4.69) is 5.32 Å². The number of benzene rings is 1. The number of amides is 1. The summed E-state index contributed by atoms with van der Waals surface area (Å²) in [7, 11) is 0. The molecule has 21 heavy (non-hydrogen) atoms. The predicted octanol–water partition coefficient (Wildman–Crippen LogP) is 3.71. The summed E-state index contributed by atoms with van der Waals surface area (Å²) in [5.41, 5.74) is 0.840. The zero-order valence-corrected chi connectivity index (χ0v) is 12.4. The quantitative estimate of drug-likeness (QED) is 0.905. The first kappa shape index (κ1) is 15.2. The van der Waals surface area contributed by atoms with Crippen LogP contribution >= 0.6 is 11.3 Å². The van der Waals surface area contributed by atoms with Crippen LogP contribution in [0.5, 0.6) is 0 Å². The standard InChI is InChI=1S/C15H14FNO3S/c1-3-11-7-12(15(19)20)14(21-11)17-13(18)9-4-8(2)5-10(16)6-9/h4-7H,3H2,1-2H3,(H,17,18)(H,19,20). The van der Waals surface area contributed by atoms with Gasteiger partial charge < -0.3 is 10.4 Å². The third kappa shape index (κ3) is 3.46. The fourth-order valence-electron chi connectivity index (χ4n) is 1.91. The number of thiophene rings is 1. The molecular weight excluding hydrogens is 293 g/mol. The van der Waals surface area contributed by atoms with E-state index in [0.717, 1.165) is 10.9 Å². The summed E-state index contributed by atoms with van der Waals surface area (Å²) in [5, 5.41) is 12.0. The molecule has 0 saturated carbocycles. The molecule has 0 aliphatic rings. The average molecular weight is 307 g/mol. The Hall–Kier alpha value is -2.21. The van der Waals surface area contributed by atoms with Gasteiger partial charge in [0.2, 0.25) is 0 Å². The number of nitrogens with one attached hydrogen (secondary N) is 1. The molecule has 0 aliphatic carbocycles. The minimum atomic E-state index is -1.10. The van der Waals surface area contributed by atoms with Gasteiger partial charge in [-0.25, -0.2) is 9.18 Å². The number of rotatable bonds is 4. The number of anilines is 1. The summed E-state index contributed by atoms with van der Waals surface area (Å²) in [6.07, 6.45) is 0.680. The zero-order chi connectivity index (χ0) is 15.6. The van der Waals surface area contributed by atoms with E-state index in [9.17, 15) is 14.0 Å². The van der Waals surface area contributed by atoms with Crippen molar-refractivity contribution in [2.75, 3.05) is 5.32 Å². The SMILES string of the molecule is CCc1cc(C(=O)O)c(NC(=O)c2cc(C)cc(F)c2)s1. The van der Waals surface area contributed by atoms with Crippen LogP contribution in [0, 0.1) is 12.7 Å². The van der Waals surface area contributed by atoms with E-state index in [1.54, 1.807) is 19.1 Å². The number of carboxylic acids is 1. The third-order valence-corrected chi connectivity index (χ3v) is 4.09. The number of carbonyl (C=O) groups is 2. The van der Waals surface area contributed by atoms with Crippen molar-refractivity contribution in [3.8, 4) is 0 Å². The number of halogens is 1. The fraction of sp³-hybridized carbons (Fsp3) is 0.200. The molecule has 1 aromatic carbocycles. The zero-order valence-electron chi connectivity index (χ0n) is 11.6. The van der Waals surface area contributed by atoms with Gasteiger partial charge in [-0.1, -0.05) is 6.92 Å². The van der Waals surface area contributed by atoms with E-state index < -0.39 is 17.7 Å². The van der Waals surface area contributed by atoms with Gasteiger partial charge in [0.1, 0.15) is 10.8 Å². The normalized spacial score (nSPS) is 10.4. The molecule has 2 rings (SSSR count). The number of carboxylic acid groups (broad SMARTS) is 1. The molecule has 2 aromatic rings. The van der Waals surface area contributed by atoms with Crippen LogP contribution in [0.25, 0.3) is 0 Å². The minimum Gasteiger partial charge on any atom is -0.478 e. The van der Waals surface area contributed by atoms with E-state index in [-0.39, 0.29) is 16.1 Å². The molecule has 0 spiro atoms. The number of hydrogen-bond donors (Lipinski definition) is 2. The van der Waals surface area contributed by atoms with Crippen LogP contribution in [-0.4, -0.2) is 17.0 Å². The van der Waals surface area contributed by atoms with Crippen molar-refractivity contribution in [1.29, 1.82) is 0 Å². The predicted molar refractivity (Wildman–Crippen MR) is 79.7 cm³/mol. The molecule has 2 N–H and O–H groups in total. The molecule has 0 saturated heterocycles. The molecule has 1 aromatic heterocycles. The molecule has 0 bridgehead atoms. The van der Waals surface area contributed by atoms with Crippen LogP contribution < -0.4 is 5.32 Å². The van der Waals surface area contributed by atoms with Crippen molar-refractivity contribution in [3.63, 3.8) is 0 Å². The van der Waals surface area contributed by atoms with Gasteiger partial charge in [0.05, 0.1) is 5.56 Å². The maximum Gasteiger partial charge on any atom is 0.338 e. The molecular formula is C15H14FNO3S. The highest BCUT2D eigenvalue weighted by atomic mass is 32.1. The van der Waals surface area contributed by atoms with Gasteiger partial charge >= 0.3 is 5.97 Å². The highest BCUT2D eigenvalue weighted by Gasteiger charge is 2.18. The maximum absolute atomic E-state index is 13.3. The monoisotopic (exact) mass is 307 g/mol. The van der Waals surface area contributed by atoms with Gasteiger partial charge in [-0.3, -0.25) is 4.79 Å². The van der Waals surface area contributed by atoms with Crippen molar-refractivity contribution in [1.82, 2.24) is 0 Å². The lowest BCUT2D eigenvalue weighted by atomic mass is 10.1. The van der Waals surface area contributed by atoms with Crippen molar-refractivity contribution < 1.29 is 19.1 Å². The molecule has 4 nitrogen and oxygen atoms in total. The summed E-state index contributed by atoms with van der Waals surface area (Å²) in [6.45, 7) is 3.59. The van der Waals surface area contributed by atoms with Crippen LogP contribution in [0.15, 0.2) is 24.3 Å². The van der Waals surface area contributed by atoms with E-state index in [1.807, 2.05) is 6.92 Å². The van der Waals surface area contributed by atoms with E-state index >= 15 is 0 Å². The lowest BCUT2D eigenvalue weighted by molar-refractivity contribution is 0.0698. The maximum atomic E-state index is 13.3. The average Bonchev–Trinajstić information content (AvgIpc) is 2.80. The van der Waals surface area contributed by atoms with Gasteiger partial charge in [0.15, 0.2) is 0 Å². The number of hydrogen-bond acceptors (Lipinski definition) is 3. The molecule has 0 unspecified atom stereocenters. The topological polar surface area (TPSA) is 66.4 Å². The van der Waals surface area contributed by atoms with Crippen LogP contribution in [-0.2, 0) is 6.42 Å². The Labute approximate surface area is 125 Å². The van der Waals surface area contributed by atoms with Crippen molar-refractivity contribution in [2.24, 2.45) is 0 Å². The van der Waals surface area contributed by atoms with Gasteiger partial charge in [-0.15, -0.1) is 11.3 Å². The van der Waals surface area contributed by atoms with Gasteiger partial charge in [-0.05, 0) is 43.2 Å². The second kappa shape index (κ2) is 6.05. The van der Waals surface area contributed by atoms with E-state index in [1.165, 1.54) is 17.4 Å². The van der Waals surface area contributed by atoms with Crippen molar-refractivity contribution >= 4 is 28.2 Å². The van der Waals surface area contributed by atoms with Crippen LogP contribution in [0.3, 0.4) is 0 Å². The first-order chi connectivity index (χ1) is 9.90. The molecule has 1 heterocycles. The number of carbonyl (C=O) groups excluding carboxylic acids is 1. The molecule has 1 amide bonds. The van der Waals surface area contributed by atoms with E-state index in [4.69, 9.17) is 5.11 Å². The first-order valence-electron chi connectivity index (χ1n) is 6.35. The lowest BCUT2D eigenvalue weighted by Gasteiger charge is -2.05. The Morgan fingerprint density at radius 1 is 1.29 bits per heavy atom. The second-order valence-corrected chi connectivity index (χ2v) is 5.72. The molecule has 6 heteroatoms. The Bertz CT molecular complexity index is 689. The minimum absolute atomic E-state index is 0.0540. The largest absolute Gasteiger partial charge is 0.478 e. The molecule has 0 radical (unpaired) electrons. The van der Waals surface area contributed by atoms with Crippen LogP contribution in [0.1, 0.15) is 38.1 Å². The Kier molecular flexibility index (Phi) is 4.37. The highest BCUT2D eigenvalue weighted by Crippen LogP contribution is 2.29. The third-order valence-electron chi connectivity index (χ3n) is 2.89. The highest BCUT2D eigenvalue weighted by molar-refractivity contribution is 7.16. The lowest BCUT2D eigenvalue weighted by Crippen LogP contribution is -2.13. The fourth-order valence-corrected chi connectivity index (χ4v) is 2.89. The summed E-state index contributed by atoms with van der Waals surface area (Å²) in [5.74, 6) is -2.12. The van der Waals surface area contributed by atoms with E-state index in [0.29, 0.717) is 12.0 Å². The van der Waals surface area contributed by atoms with Crippen LogP contribution in [0.2, 0.25) is 0 Å². The summed E-state index contributed by atoms with van der Waals surface area (Å²) in [4.78, 5) is 24.2. The summed E-state index contributed by atoms with van der Waals surface area (Å²) in [6, 6.07) is 5.53. The molecule has 0 aliphatic heterocycles.